The molecule has 1 fully saturated rings. The minimum Gasteiger partial charge on any atom is -0.356 e. The van der Waals surface area contributed by atoms with Crippen molar-refractivity contribution in [1.29, 1.82) is 0 Å². The first-order chi connectivity index (χ1) is 9.88. The second kappa shape index (κ2) is 6.20. The average molecular weight is 296 g/mol. The van der Waals surface area contributed by atoms with Gasteiger partial charge in [0, 0.05) is 18.3 Å². The Hall–Kier alpha value is -1.98. The standard InChI is InChI=1S/C15H18F2N2O2/c1-8(2)7-18-14(20)10-6-11(10)15(21)19-9-3-4-12(16)13(17)5-9/h3-5,8,10-11H,6-7H2,1-2H3,(H,18,20)(H,19,21). The van der Waals surface area contributed by atoms with Gasteiger partial charge in [-0.05, 0) is 24.5 Å². The fourth-order valence-corrected chi connectivity index (χ4v) is 2.02. The molecule has 2 atom stereocenters. The Balaban J connectivity index is 1.85. The van der Waals surface area contributed by atoms with Gasteiger partial charge in [0.15, 0.2) is 11.6 Å². The lowest BCUT2D eigenvalue weighted by Gasteiger charge is -2.08. The van der Waals surface area contributed by atoms with E-state index in [4.69, 9.17) is 0 Å². The lowest BCUT2D eigenvalue weighted by Crippen LogP contribution is -2.30. The monoisotopic (exact) mass is 296 g/mol. The summed E-state index contributed by atoms with van der Waals surface area (Å²) >= 11 is 0. The molecule has 2 N–H and O–H groups in total. The third kappa shape index (κ3) is 4.00. The molecule has 2 rings (SSSR count). The molecule has 0 saturated heterocycles. The molecular weight excluding hydrogens is 278 g/mol. The Morgan fingerprint density at radius 2 is 1.86 bits per heavy atom. The summed E-state index contributed by atoms with van der Waals surface area (Å²) in [4.78, 5) is 23.7. The predicted molar refractivity (Wildman–Crippen MR) is 74.4 cm³/mol. The van der Waals surface area contributed by atoms with Crippen molar-refractivity contribution in [1.82, 2.24) is 5.32 Å². The van der Waals surface area contributed by atoms with E-state index in [-0.39, 0.29) is 23.4 Å². The van der Waals surface area contributed by atoms with E-state index in [9.17, 15) is 18.4 Å². The molecule has 0 aromatic heterocycles. The number of hydrogen-bond donors (Lipinski definition) is 2. The number of amides is 2. The maximum absolute atomic E-state index is 13.0. The summed E-state index contributed by atoms with van der Waals surface area (Å²) in [7, 11) is 0. The van der Waals surface area contributed by atoms with Crippen LogP contribution >= 0.6 is 0 Å². The van der Waals surface area contributed by atoms with Crippen molar-refractivity contribution in [3.63, 3.8) is 0 Å². The van der Waals surface area contributed by atoms with Crippen LogP contribution < -0.4 is 10.6 Å². The molecular formula is C15H18F2N2O2. The molecule has 21 heavy (non-hydrogen) atoms. The van der Waals surface area contributed by atoms with E-state index in [0.717, 1.165) is 12.1 Å². The maximum atomic E-state index is 13.0. The van der Waals surface area contributed by atoms with Gasteiger partial charge < -0.3 is 10.6 Å². The highest BCUT2D eigenvalue weighted by Gasteiger charge is 2.47. The number of rotatable bonds is 5. The van der Waals surface area contributed by atoms with E-state index in [0.29, 0.717) is 18.9 Å². The topological polar surface area (TPSA) is 58.2 Å². The van der Waals surface area contributed by atoms with E-state index in [2.05, 4.69) is 10.6 Å². The Kier molecular flexibility index (Phi) is 4.55. The van der Waals surface area contributed by atoms with Crippen LogP contribution in [0.3, 0.4) is 0 Å². The van der Waals surface area contributed by atoms with Crippen LogP contribution in [0.5, 0.6) is 0 Å². The van der Waals surface area contributed by atoms with Gasteiger partial charge in [0.2, 0.25) is 11.8 Å². The Labute approximate surface area is 121 Å². The lowest BCUT2D eigenvalue weighted by atomic mass is 10.2. The fourth-order valence-electron chi connectivity index (χ4n) is 2.02. The molecule has 1 aromatic rings. The van der Waals surface area contributed by atoms with Crippen LogP contribution in [0.25, 0.3) is 0 Å². The molecule has 2 unspecified atom stereocenters. The Bertz CT molecular complexity index is 561. The van der Waals surface area contributed by atoms with Crippen molar-refractivity contribution in [3.05, 3.63) is 29.8 Å². The second-order valence-electron chi connectivity index (χ2n) is 5.71. The Morgan fingerprint density at radius 1 is 1.19 bits per heavy atom. The minimum atomic E-state index is -1.02. The predicted octanol–water partition coefficient (Wildman–Crippen LogP) is 2.31. The molecule has 0 heterocycles. The van der Waals surface area contributed by atoms with Crippen molar-refractivity contribution in [2.75, 3.05) is 11.9 Å². The number of nitrogens with one attached hydrogen (secondary N) is 2. The first-order valence-corrected chi connectivity index (χ1v) is 6.92. The SMILES string of the molecule is CC(C)CNC(=O)C1CC1C(=O)Nc1ccc(F)c(F)c1. The van der Waals surface area contributed by atoms with Gasteiger partial charge in [-0.25, -0.2) is 8.78 Å². The highest BCUT2D eigenvalue weighted by molar-refractivity contribution is 5.99. The minimum absolute atomic E-state index is 0.130. The fraction of sp³-hybridized carbons (Fsp3) is 0.467. The molecule has 1 aliphatic carbocycles. The van der Waals surface area contributed by atoms with Crippen LogP contribution in [-0.2, 0) is 9.59 Å². The number of halogens is 2. The van der Waals surface area contributed by atoms with Crippen LogP contribution in [0.2, 0.25) is 0 Å². The zero-order valence-corrected chi connectivity index (χ0v) is 12.0. The molecule has 0 bridgehead atoms. The third-order valence-corrected chi connectivity index (χ3v) is 3.34. The van der Waals surface area contributed by atoms with Crippen LogP contribution in [-0.4, -0.2) is 18.4 Å². The number of hydrogen-bond acceptors (Lipinski definition) is 2. The smallest absolute Gasteiger partial charge is 0.228 e. The summed E-state index contributed by atoms with van der Waals surface area (Å²) in [6.45, 7) is 4.55. The van der Waals surface area contributed by atoms with Crippen molar-refractivity contribution in [3.8, 4) is 0 Å². The molecule has 1 aromatic carbocycles. The van der Waals surface area contributed by atoms with Gasteiger partial charge in [0.25, 0.3) is 0 Å². The summed E-state index contributed by atoms with van der Waals surface area (Å²) in [6, 6.07) is 3.15. The largest absolute Gasteiger partial charge is 0.356 e. The van der Waals surface area contributed by atoms with E-state index in [1.807, 2.05) is 13.8 Å². The van der Waals surface area contributed by atoms with Crippen LogP contribution in [0.15, 0.2) is 18.2 Å². The molecule has 0 spiro atoms. The number of carbonyl (C=O) groups is 2. The Morgan fingerprint density at radius 3 is 2.48 bits per heavy atom. The molecule has 2 amide bonds. The summed E-state index contributed by atoms with van der Waals surface area (Å²) in [5.41, 5.74) is 0.187. The average Bonchev–Trinajstić information content (AvgIpc) is 3.20. The van der Waals surface area contributed by atoms with Gasteiger partial charge in [-0.1, -0.05) is 13.8 Å². The molecule has 0 radical (unpaired) electrons. The van der Waals surface area contributed by atoms with Crippen LogP contribution in [0, 0.1) is 29.4 Å². The highest BCUT2D eigenvalue weighted by atomic mass is 19.2. The highest BCUT2D eigenvalue weighted by Crippen LogP contribution is 2.39. The summed E-state index contributed by atoms with van der Waals surface area (Å²) < 4.78 is 25.8. The second-order valence-corrected chi connectivity index (χ2v) is 5.71. The van der Waals surface area contributed by atoms with E-state index in [1.54, 1.807) is 0 Å². The normalized spacial score (nSPS) is 20.2. The van der Waals surface area contributed by atoms with E-state index >= 15 is 0 Å². The van der Waals surface area contributed by atoms with Crippen molar-refractivity contribution < 1.29 is 18.4 Å². The van der Waals surface area contributed by atoms with Crippen LogP contribution in [0.1, 0.15) is 20.3 Å². The summed E-state index contributed by atoms with van der Waals surface area (Å²) in [5.74, 6) is -2.83. The molecule has 1 saturated carbocycles. The zero-order chi connectivity index (χ0) is 15.6. The number of anilines is 1. The zero-order valence-electron chi connectivity index (χ0n) is 12.0. The van der Waals surface area contributed by atoms with Crippen molar-refractivity contribution in [2.24, 2.45) is 17.8 Å². The number of benzene rings is 1. The van der Waals surface area contributed by atoms with E-state index in [1.165, 1.54) is 6.07 Å². The number of carbonyl (C=O) groups excluding carboxylic acids is 2. The molecule has 1 aliphatic rings. The third-order valence-electron chi connectivity index (χ3n) is 3.34. The van der Waals surface area contributed by atoms with Crippen LogP contribution in [0.4, 0.5) is 14.5 Å². The van der Waals surface area contributed by atoms with Crippen molar-refractivity contribution in [2.45, 2.75) is 20.3 Å². The molecule has 6 heteroatoms. The maximum Gasteiger partial charge on any atom is 0.228 e. The van der Waals surface area contributed by atoms with Gasteiger partial charge in [-0.15, -0.1) is 0 Å². The lowest BCUT2D eigenvalue weighted by molar-refractivity contribution is -0.125. The van der Waals surface area contributed by atoms with Gasteiger partial charge in [0.05, 0.1) is 11.8 Å². The van der Waals surface area contributed by atoms with E-state index < -0.39 is 17.6 Å². The first kappa shape index (κ1) is 15.4. The summed E-state index contributed by atoms with van der Waals surface area (Å²) in [6.07, 6.45) is 0.486. The van der Waals surface area contributed by atoms with Crippen molar-refractivity contribution >= 4 is 17.5 Å². The van der Waals surface area contributed by atoms with Gasteiger partial charge in [-0.2, -0.15) is 0 Å². The van der Waals surface area contributed by atoms with Gasteiger partial charge in [0.1, 0.15) is 0 Å². The quantitative estimate of drug-likeness (QED) is 0.876. The summed E-state index contributed by atoms with van der Waals surface area (Å²) in [5, 5.41) is 5.28. The first-order valence-electron chi connectivity index (χ1n) is 6.92. The molecule has 114 valence electrons. The van der Waals surface area contributed by atoms with Gasteiger partial charge in [-0.3, -0.25) is 9.59 Å². The molecule has 4 nitrogen and oxygen atoms in total. The van der Waals surface area contributed by atoms with Gasteiger partial charge >= 0.3 is 0 Å². The molecule has 0 aliphatic heterocycles.